The second kappa shape index (κ2) is 6.22. The fourth-order valence-corrected chi connectivity index (χ4v) is 3.29. The Morgan fingerprint density at radius 1 is 1.23 bits per heavy atom. The van der Waals surface area contributed by atoms with Gasteiger partial charge in [-0.3, -0.25) is 9.69 Å². The fraction of sp³-hybridized carbons (Fsp3) is 0.562. The molecule has 0 unspecified atom stereocenters. The van der Waals surface area contributed by atoms with Crippen molar-refractivity contribution in [2.24, 2.45) is 0 Å². The number of phenolic OH excluding ortho intramolecular Hbond substituents is 1. The SMILES string of the molecule is CN1CCN([C@@H]2CCN(C(=O)c3c(O)cccc3F)C2)CC1. The summed E-state index contributed by atoms with van der Waals surface area (Å²) in [4.78, 5) is 18.8. The molecule has 2 aliphatic heterocycles. The van der Waals surface area contributed by atoms with Crippen LogP contribution in [0.5, 0.6) is 5.75 Å². The molecule has 2 heterocycles. The molecule has 3 rings (SSSR count). The number of halogens is 1. The highest BCUT2D eigenvalue weighted by atomic mass is 19.1. The summed E-state index contributed by atoms with van der Waals surface area (Å²) in [5, 5.41) is 9.76. The molecule has 0 aliphatic carbocycles. The fourth-order valence-electron chi connectivity index (χ4n) is 3.29. The Hall–Kier alpha value is -1.66. The number of benzene rings is 1. The minimum absolute atomic E-state index is 0.207. The van der Waals surface area contributed by atoms with E-state index in [4.69, 9.17) is 0 Å². The molecule has 6 heteroatoms. The maximum absolute atomic E-state index is 13.8. The predicted octanol–water partition coefficient (Wildman–Crippen LogP) is 0.993. The molecule has 0 spiro atoms. The Balaban J connectivity index is 1.66. The third kappa shape index (κ3) is 2.94. The van der Waals surface area contributed by atoms with E-state index in [2.05, 4.69) is 16.8 Å². The van der Waals surface area contributed by atoms with Crippen LogP contribution in [0.2, 0.25) is 0 Å². The van der Waals surface area contributed by atoms with Gasteiger partial charge in [-0.1, -0.05) is 6.07 Å². The Bertz CT molecular complexity index is 538. The van der Waals surface area contributed by atoms with Crippen molar-refractivity contribution in [1.82, 2.24) is 14.7 Å². The second-order valence-electron chi connectivity index (χ2n) is 6.17. The molecular formula is C16H22FN3O2. The number of carbonyl (C=O) groups excluding carboxylic acids is 1. The lowest BCUT2D eigenvalue weighted by atomic mass is 10.1. The zero-order valence-corrected chi connectivity index (χ0v) is 12.8. The van der Waals surface area contributed by atoms with Gasteiger partial charge in [0, 0.05) is 45.3 Å². The highest BCUT2D eigenvalue weighted by Crippen LogP contribution is 2.25. The molecule has 2 aliphatic rings. The van der Waals surface area contributed by atoms with Crippen molar-refractivity contribution in [1.29, 1.82) is 0 Å². The molecule has 120 valence electrons. The van der Waals surface area contributed by atoms with Gasteiger partial charge in [0.1, 0.15) is 17.1 Å². The Morgan fingerprint density at radius 3 is 2.64 bits per heavy atom. The summed E-state index contributed by atoms with van der Waals surface area (Å²) in [6, 6.07) is 4.30. The smallest absolute Gasteiger partial charge is 0.260 e. The molecule has 1 amide bonds. The molecule has 22 heavy (non-hydrogen) atoms. The Kier molecular flexibility index (Phi) is 4.31. The van der Waals surface area contributed by atoms with Gasteiger partial charge in [0.15, 0.2) is 0 Å². The third-order valence-electron chi connectivity index (χ3n) is 4.71. The van der Waals surface area contributed by atoms with Crippen LogP contribution in [-0.2, 0) is 0 Å². The molecule has 1 N–H and O–H groups in total. The normalized spacial score (nSPS) is 23.9. The Morgan fingerprint density at radius 2 is 1.95 bits per heavy atom. The second-order valence-corrected chi connectivity index (χ2v) is 6.17. The monoisotopic (exact) mass is 307 g/mol. The number of phenols is 1. The van der Waals surface area contributed by atoms with Crippen molar-refractivity contribution in [2.45, 2.75) is 12.5 Å². The molecule has 1 aromatic rings. The van der Waals surface area contributed by atoms with Gasteiger partial charge in [-0.05, 0) is 25.6 Å². The number of rotatable bonds is 2. The first-order valence-electron chi connectivity index (χ1n) is 7.75. The van der Waals surface area contributed by atoms with Crippen LogP contribution in [0, 0.1) is 5.82 Å². The summed E-state index contributed by atoms with van der Waals surface area (Å²) in [7, 11) is 2.11. The third-order valence-corrected chi connectivity index (χ3v) is 4.71. The molecule has 5 nitrogen and oxygen atoms in total. The first-order chi connectivity index (χ1) is 10.6. The van der Waals surface area contributed by atoms with Gasteiger partial charge < -0.3 is 14.9 Å². The first kappa shape index (κ1) is 15.2. The van der Waals surface area contributed by atoms with Gasteiger partial charge in [-0.25, -0.2) is 4.39 Å². The van der Waals surface area contributed by atoms with Crippen molar-refractivity contribution >= 4 is 5.91 Å². The van der Waals surface area contributed by atoms with Gasteiger partial charge in [0.05, 0.1) is 0 Å². The van der Waals surface area contributed by atoms with E-state index in [1.165, 1.54) is 18.2 Å². The highest BCUT2D eigenvalue weighted by Gasteiger charge is 2.33. The van der Waals surface area contributed by atoms with Crippen LogP contribution in [0.4, 0.5) is 4.39 Å². The van der Waals surface area contributed by atoms with Gasteiger partial charge in [0.2, 0.25) is 0 Å². The van der Waals surface area contributed by atoms with Gasteiger partial charge in [-0.15, -0.1) is 0 Å². The largest absolute Gasteiger partial charge is 0.507 e. The van der Waals surface area contributed by atoms with Crippen LogP contribution < -0.4 is 0 Å². The van der Waals surface area contributed by atoms with Crippen molar-refractivity contribution in [3.8, 4) is 5.75 Å². The van der Waals surface area contributed by atoms with E-state index in [-0.39, 0.29) is 11.3 Å². The topological polar surface area (TPSA) is 47.0 Å². The molecule has 1 aromatic carbocycles. The number of hydrogen-bond acceptors (Lipinski definition) is 4. The number of likely N-dealkylation sites (N-methyl/N-ethyl adjacent to an activating group) is 1. The van der Waals surface area contributed by atoms with E-state index in [9.17, 15) is 14.3 Å². The molecule has 2 fully saturated rings. The van der Waals surface area contributed by atoms with Crippen LogP contribution >= 0.6 is 0 Å². The summed E-state index contributed by atoms with van der Waals surface area (Å²) in [5.41, 5.74) is -0.207. The number of piperazine rings is 1. The van der Waals surface area contributed by atoms with Gasteiger partial charge in [-0.2, -0.15) is 0 Å². The number of carbonyl (C=O) groups is 1. The van der Waals surface area contributed by atoms with Gasteiger partial charge in [0.25, 0.3) is 5.91 Å². The van der Waals surface area contributed by atoms with Gasteiger partial charge >= 0.3 is 0 Å². The quantitative estimate of drug-likeness (QED) is 0.885. The lowest BCUT2D eigenvalue weighted by Gasteiger charge is -2.36. The van der Waals surface area contributed by atoms with Crippen molar-refractivity contribution in [2.75, 3.05) is 46.3 Å². The predicted molar refractivity (Wildman–Crippen MR) is 81.4 cm³/mol. The van der Waals surface area contributed by atoms with Crippen LogP contribution in [0.25, 0.3) is 0 Å². The zero-order chi connectivity index (χ0) is 15.7. The molecule has 1 atom stereocenters. The van der Waals surface area contributed by atoms with Crippen LogP contribution in [0.15, 0.2) is 18.2 Å². The number of amides is 1. The van der Waals surface area contributed by atoms with E-state index < -0.39 is 11.7 Å². The van der Waals surface area contributed by atoms with Crippen molar-refractivity contribution in [3.05, 3.63) is 29.6 Å². The summed E-state index contributed by atoms with van der Waals surface area (Å²) in [5.74, 6) is -1.35. The maximum atomic E-state index is 13.8. The zero-order valence-electron chi connectivity index (χ0n) is 12.8. The first-order valence-corrected chi connectivity index (χ1v) is 7.75. The molecule has 2 saturated heterocycles. The highest BCUT2D eigenvalue weighted by molar-refractivity contribution is 5.97. The molecule has 0 bridgehead atoms. The van der Waals surface area contributed by atoms with E-state index in [0.29, 0.717) is 19.1 Å². The summed E-state index contributed by atoms with van der Waals surface area (Å²) >= 11 is 0. The van der Waals surface area contributed by atoms with E-state index in [1.807, 2.05) is 0 Å². The van der Waals surface area contributed by atoms with Crippen LogP contribution in [0.1, 0.15) is 16.8 Å². The van der Waals surface area contributed by atoms with Crippen LogP contribution in [0.3, 0.4) is 0 Å². The standard InChI is InChI=1S/C16H22FN3O2/c1-18-7-9-19(10-8-18)12-5-6-20(11-12)16(22)15-13(17)3-2-4-14(15)21/h2-4,12,21H,5-11H2,1H3/t12-/m1/s1. The minimum atomic E-state index is -0.659. The lowest BCUT2D eigenvalue weighted by molar-refractivity contribution is 0.0748. The minimum Gasteiger partial charge on any atom is -0.507 e. The number of nitrogens with zero attached hydrogens (tertiary/aromatic N) is 3. The van der Waals surface area contributed by atoms with Crippen molar-refractivity contribution in [3.63, 3.8) is 0 Å². The number of aromatic hydroxyl groups is 1. The summed E-state index contributed by atoms with van der Waals surface area (Å²) < 4.78 is 13.8. The van der Waals surface area contributed by atoms with Crippen LogP contribution in [-0.4, -0.2) is 78.1 Å². The average Bonchev–Trinajstić information content (AvgIpc) is 2.97. The molecule has 0 aromatic heterocycles. The molecular weight excluding hydrogens is 285 g/mol. The number of likely N-dealkylation sites (tertiary alicyclic amines) is 1. The maximum Gasteiger partial charge on any atom is 0.260 e. The number of hydrogen-bond donors (Lipinski definition) is 1. The summed E-state index contributed by atoms with van der Waals surface area (Å²) in [6.07, 6.45) is 0.907. The average molecular weight is 307 g/mol. The molecule has 0 saturated carbocycles. The Labute approximate surface area is 129 Å². The molecule has 0 radical (unpaired) electrons. The van der Waals surface area contributed by atoms with Crippen molar-refractivity contribution < 1.29 is 14.3 Å². The lowest BCUT2D eigenvalue weighted by Crippen LogP contribution is -2.50. The van der Waals surface area contributed by atoms with E-state index in [0.717, 1.165) is 32.6 Å². The summed E-state index contributed by atoms with van der Waals surface area (Å²) in [6.45, 7) is 5.32. The van der Waals surface area contributed by atoms with E-state index >= 15 is 0 Å². The van der Waals surface area contributed by atoms with E-state index in [1.54, 1.807) is 4.90 Å².